The molecule has 0 radical (unpaired) electrons. The van der Waals surface area contributed by atoms with Crippen molar-refractivity contribution in [1.29, 1.82) is 5.26 Å². The van der Waals surface area contributed by atoms with Crippen LogP contribution in [0.5, 0.6) is 0 Å². The Labute approximate surface area is 81.5 Å². The van der Waals surface area contributed by atoms with Crippen LogP contribution in [-0.2, 0) is 0 Å². The second kappa shape index (κ2) is 3.31. The third-order valence-corrected chi connectivity index (χ3v) is 2.79. The number of nitrogen functional groups attached to an aromatic ring is 1. The molecule has 14 heavy (non-hydrogen) atoms. The molecule has 5 heteroatoms. The molecule has 1 fully saturated rings. The van der Waals surface area contributed by atoms with Gasteiger partial charge in [0.25, 0.3) is 0 Å². The van der Waals surface area contributed by atoms with Gasteiger partial charge in [0, 0.05) is 5.92 Å². The molecular weight excluding hydrogens is 180 g/mol. The van der Waals surface area contributed by atoms with Crippen LogP contribution >= 0.6 is 0 Å². The van der Waals surface area contributed by atoms with Gasteiger partial charge in [-0.15, -0.1) is 0 Å². The van der Waals surface area contributed by atoms with Gasteiger partial charge in [0.2, 0.25) is 0 Å². The van der Waals surface area contributed by atoms with E-state index in [0.29, 0.717) is 11.4 Å². The third-order valence-electron chi connectivity index (χ3n) is 2.79. The van der Waals surface area contributed by atoms with Gasteiger partial charge in [-0.1, -0.05) is 6.42 Å². The number of hydrogen-bond acceptors (Lipinski definition) is 4. The lowest BCUT2D eigenvalue weighted by atomic mass is 10.0. The Morgan fingerprint density at radius 3 is 2.86 bits per heavy atom. The fourth-order valence-electron chi connectivity index (χ4n) is 2.01. The van der Waals surface area contributed by atoms with E-state index < -0.39 is 0 Å². The number of aliphatic hydroxyl groups excluding tert-OH is 1. The zero-order valence-corrected chi connectivity index (χ0v) is 7.70. The standard InChI is InChI=1S/C9H12N4O/c10-4-6-8(11)9(13-12-6)5-2-1-3-7(5)14/h5,7,14H,1-3,11H2,(H,12,13)/t5-,7-/m1/s1. The van der Waals surface area contributed by atoms with Gasteiger partial charge in [-0.2, -0.15) is 10.4 Å². The van der Waals surface area contributed by atoms with Crippen LogP contribution in [0.1, 0.15) is 36.6 Å². The van der Waals surface area contributed by atoms with E-state index in [2.05, 4.69) is 10.2 Å². The minimum absolute atomic E-state index is 0.0181. The zero-order chi connectivity index (χ0) is 10.1. The Bertz CT molecular complexity index is 379. The lowest BCUT2D eigenvalue weighted by molar-refractivity contribution is 0.162. The molecular formula is C9H12N4O. The molecule has 1 aliphatic rings. The van der Waals surface area contributed by atoms with Crippen molar-refractivity contribution in [3.63, 3.8) is 0 Å². The highest BCUT2D eigenvalue weighted by Crippen LogP contribution is 2.36. The molecule has 1 aliphatic carbocycles. The number of nitrogens with zero attached hydrogens (tertiary/aromatic N) is 2. The summed E-state index contributed by atoms with van der Waals surface area (Å²) in [6.45, 7) is 0. The fraction of sp³-hybridized carbons (Fsp3) is 0.556. The molecule has 0 amide bonds. The van der Waals surface area contributed by atoms with E-state index in [1.807, 2.05) is 6.07 Å². The van der Waals surface area contributed by atoms with Crippen molar-refractivity contribution in [1.82, 2.24) is 10.2 Å². The summed E-state index contributed by atoms with van der Waals surface area (Å²) in [6.07, 6.45) is 2.33. The third kappa shape index (κ3) is 1.24. The van der Waals surface area contributed by atoms with Crippen LogP contribution in [-0.4, -0.2) is 21.4 Å². The summed E-state index contributed by atoms with van der Waals surface area (Å²) in [4.78, 5) is 0. The number of hydrogen-bond donors (Lipinski definition) is 3. The molecule has 74 valence electrons. The average molecular weight is 192 g/mol. The number of nitrogens with two attached hydrogens (primary N) is 1. The van der Waals surface area contributed by atoms with Crippen LogP contribution in [0.4, 0.5) is 5.69 Å². The lowest BCUT2D eigenvalue weighted by Crippen LogP contribution is -2.12. The first-order valence-corrected chi connectivity index (χ1v) is 4.66. The van der Waals surface area contributed by atoms with Gasteiger partial charge in [0.15, 0.2) is 5.69 Å². The Balaban J connectivity index is 2.33. The number of nitrogens with one attached hydrogen (secondary N) is 1. The summed E-state index contributed by atoms with van der Waals surface area (Å²) >= 11 is 0. The Morgan fingerprint density at radius 2 is 2.36 bits per heavy atom. The Morgan fingerprint density at radius 1 is 1.57 bits per heavy atom. The van der Waals surface area contributed by atoms with E-state index in [0.717, 1.165) is 19.3 Å². The number of nitriles is 1. The van der Waals surface area contributed by atoms with Gasteiger partial charge in [-0.3, -0.25) is 5.10 Å². The maximum Gasteiger partial charge on any atom is 0.185 e. The van der Waals surface area contributed by atoms with Gasteiger partial charge >= 0.3 is 0 Å². The summed E-state index contributed by atoms with van der Waals surface area (Å²) in [7, 11) is 0. The summed E-state index contributed by atoms with van der Waals surface area (Å²) in [5.41, 5.74) is 7.05. The molecule has 1 saturated carbocycles. The number of rotatable bonds is 1. The maximum atomic E-state index is 9.66. The molecule has 0 aliphatic heterocycles. The minimum Gasteiger partial charge on any atom is -0.395 e. The fourth-order valence-corrected chi connectivity index (χ4v) is 2.01. The van der Waals surface area contributed by atoms with E-state index in [1.165, 1.54) is 0 Å². The van der Waals surface area contributed by atoms with Crippen LogP contribution in [0.2, 0.25) is 0 Å². The Hall–Kier alpha value is -1.54. The molecule has 0 unspecified atom stereocenters. The van der Waals surface area contributed by atoms with Crippen molar-refractivity contribution in [3.8, 4) is 6.07 Å². The molecule has 2 rings (SSSR count). The normalized spacial score (nSPS) is 26.3. The van der Waals surface area contributed by atoms with Crippen molar-refractivity contribution in [3.05, 3.63) is 11.4 Å². The van der Waals surface area contributed by atoms with E-state index >= 15 is 0 Å². The quantitative estimate of drug-likeness (QED) is 0.603. The van der Waals surface area contributed by atoms with Crippen molar-refractivity contribution in [2.24, 2.45) is 0 Å². The first-order chi connectivity index (χ1) is 6.74. The highest BCUT2D eigenvalue weighted by molar-refractivity contribution is 5.55. The van der Waals surface area contributed by atoms with Crippen LogP contribution in [0.15, 0.2) is 0 Å². The topological polar surface area (TPSA) is 98.7 Å². The van der Waals surface area contributed by atoms with Crippen molar-refractivity contribution >= 4 is 5.69 Å². The molecule has 4 N–H and O–H groups in total. The predicted molar refractivity (Wildman–Crippen MR) is 50.3 cm³/mol. The molecule has 1 heterocycles. The van der Waals surface area contributed by atoms with E-state index in [1.54, 1.807) is 0 Å². The van der Waals surface area contributed by atoms with Gasteiger partial charge in [0.1, 0.15) is 6.07 Å². The minimum atomic E-state index is -0.357. The van der Waals surface area contributed by atoms with Crippen LogP contribution < -0.4 is 5.73 Å². The highest BCUT2D eigenvalue weighted by Gasteiger charge is 2.30. The summed E-state index contributed by atoms with van der Waals surface area (Å²) in [5, 5.41) is 24.9. The van der Waals surface area contributed by atoms with Crippen LogP contribution in [0, 0.1) is 11.3 Å². The molecule has 5 nitrogen and oxygen atoms in total. The van der Waals surface area contributed by atoms with E-state index in [9.17, 15) is 5.11 Å². The lowest BCUT2D eigenvalue weighted by Gasteiger charge is -2.12. The summed E-state index contributed by atoms with van der Waals surface area (Å²) < 4.78 is 0. The number of aromatic nitrogens is 2. The molecule has 0 bridgehead atoms. The van der Waals surface area contributed by atoms with Gasteiger partial charge in [-0.25, -0.2) is 0 Å². The van der Waals surface area contributed by atoms with E-state index in [4.69, 9.17) is 11.0 Å². The van der Waals surface area contributed by atoms with Crippen LogP contribution in [0.25, 0.3) is 0 Å². The highest BCUT2D eigenvalue weighted by atomic mass is 16.3. The van der Waals surface area contributed by atoms with Crippen molar-refractivity contribution < 1.29 is 5.11 Å². The number of H-pyrrole nitrogens is 1. The monoisotopic (exact) mass is 192 g/mol. The molecule has 0 spiro atoms. The first kappa shape index (κ1) is 9.03. The molecule has 0 aromatic carbocycles. The zero-order valence-electron chi connectivity index (χ0n) is 7.70. The smallest absolute Gasteiger partial charge is 0.185 e. The van der Waals surface area contributed by atoms with Gasteiger partial charge in [0.05, 0.1) is 17.5 Å². The molecule has 0 saturated heterocycles. The first-order valence-electron chi connectivity index (χ1n) is 4.66. The second-order valence-corrected chi connectivity index (χ2v) is 3.62. The predicted octanol–water partition coefficient (Wildman–Crippen LogP) is 0.492. The van der Waals surface area contributed by atoms with Crippen molar-refractivity contribution in [2.45, 2.75) is 31.3 Å². The molecule has 2 atom stereocenters. The van der Waals surface area contributed by atoms with Crippen LogP contribution in [0.3, 0.4) is 0 Å². The molecule has 1 aromatic rings. The average Bonchev–Trinajstić information content (AvgIpc) is 2.72. The largest absolute Gasteiger partial charge is 0.395 e. The van der Waals surface area contributed by atoms with Crippen molar-refractivity contribution in [2.75, 3.05) is 5.73 Å². The second-order valence-electron chi connectivity index (χ2n) is 3.62. The molecule has 1 aromatic heterocycles. The van der Waals surface area contributed by atoms with Gasteiger partial charge in [-0.05, 0) is 12.8 Å². The number of anilines is 1. The van der Waals surface area contributed by atoms with Gasteiger partial charge < -0.3 is 10.8 Å². The Kier molecular flexibility index (Phi) is 2.14. The number of aliphatic hydroxyl groups is 1. The summed E-state index contributed by atoms with van der Waals surface area (Å²) in [5.74, 6) is 0.0181. The number of aromatic amines is 1. The SMILES string of the molecule is N#Cc1n[nH]c([C@@H]2CCC[C@H]2O)c1N. The summed E-state index contributed by atoms with van der Waals surface area (Å²) in [6, 6.07) is 1.90. The van der Waals surface area contributed by atoms with E-state index in [-0.39, 0.29) is 17.7 Å². The maximum absolute atomic E-state index is 9.66.